The molecule has 1 aromatic heterocycles. The molecule has 0 saturated carbocycles. The second-order valence-corrected chi connectivity index (χ2v) is 5.67. The molecule has 2 rings (SSSR count). The van der Waals surface area contributed by atoms with E-state index in [0.29, 0.717) is 29.3 Å². The molecule has 0 aliphatic heterocycles. The molecule has 0 spiro atoms. The van der Waals surface area contributed by atoms with Gasteiger partial charge in [-0.25, -0.2) is 0 Å². The van der Waals surface area contributed by atoms with Crippen molar-refractivity contribution in [1.82, 2.24) is 10.2 Å². The van der Waals surface area contributed by atoms with Crippen LogP contribution in [0.3, 0.4) is 0 Å². The molecule has 2 N–H and O–H groups in total. The summed E-state index contributed by atoms with van der Waals surface area (Å²) in [5, 5.41) is 10.5. The number of rotatable bonds is 5. The predicted molar refractivity (Wildman–Crippen MR) is 87.8 cm³/mol. The Morgan fingerprint density at radius 1 is 1.36 bits per heavy atom. The Kier molecular flexibility index (Phi) is 5.08. The molecular formula is C16H20ClN3O2. The van der Waals surface area contributed by atoms with Crippen LogP contribution in [0.4, 0.5) is 5.69 Å². The number of benzene rings is 1. The zero-order valence-electron chi connectivity index (χ0n) is 13.2. The largest absolute Gasteiger partial charge is 0.495 e. The van der Waals surface area contributed by atoms with Crippen molar-refractivity contribution in [1.29, 1.82) is 0 Å². The molecular weight excluding hydrogens is 302 g/mol. The molecule has 1 heterocycles. The standard InChI is InChI=1S/C16H20ClN3O2/c1-9-7-14(15(22-4)8-13(9)17)18-16(21)6-5-12-10(2)19-20-11(12)3/h7-8H,5-6H2,1-4H3,(H,18,21)(H,19,20). The van der Waals surface area contributed by atoms with Crippen molar-refractivity contribution in [3.8, 4) is 5.75 Å². The van der Waals surface area contributed by atoms with E-state index in [4.69, 9.17) is 16.3 Å². The van der Waals surface area contributed by atoms with Crippen LogP contribution in [-0.2, 0) is 11.2 Å². The zero-order chi connectivity index (χ0) is 16.3. The molecule has 0 radical (unpaired) electrons. The number of aromatic nitrogens is 2. The number of carbonyl (C=O) groups excluding carboxylic acids is 1. The van der Waals surface area contributed by atoms with Crippen molar-refractivity contribution in [2.24, 2.45) is 0 Å². The number of hydrogen-bond acceptors (Lipinski definition) is 3. The Balaban J connectivity index is 2.05. The van der Waals surface area contributed by atoms with Gasteiger partial charge >= 0.3 is 0 Å². The fourth-order valence-electron chi connectivity index (χ4n) is 2.32. The topological polar surface area (TPSA) is 67.0 Å². The molecule has 0 unspecified atom stereocenters. The number of hydrogen-bond donors (Lipinski definition) is 2. The van der Waals surface area contributed by atoms with Crippen LogP contribution in [0.25, 0.3) is 0 Å². The van der Waals surface area contributed by atoms with Gasteiger partial charge in [-0.15, -0.1) is 0 Å². The van der Waals surface area contributed by atoms with Gasteiger partial charge in [-0.2, -0.15) is 5.10 Å². The maximum atomic E-state index is 12.2. The number of ether oxygens (including phenoxy) is 1. The van der Waals surface area contributed by atoms with Crippen LogP contribution < -0.4 is 10.1 Å². The van der Waals surface area contributed by atoms with E-state index in [0.717, 1.165) is 22.5 Å². The monoisotopic (exact) mass is 321 g/mol. The molecule has 22 heavy (non-hydrogen) atoms. The predicted octanol–water partition coefficient (Wildman–Crippen LogP) is 3.57. The van der Waals surface area contributed by atoms with Crippen LogP contribution in [0.2, 0.25) is 5.02 Å². The Morgan fingerprint density at radius 3 is 2.68 bits per heavy atom. The Hall–Kier alpha value is -2.01. The summed E-state index contributed by atoms with van der Waals surface area (Å²) in [4.78, 5) is 12.2. The molecule has 6 heteroatoms. The average Bonchev–Trinajstić information content (AvgIpc) is 2.79. The number of carbonyl (C=O) groups is 1. The molecule has 2 aromatic rings. The lowest BCUT2D eigenvalue weighted by Crippen LogP contribution is -2.13. The van der Waals surface area contributed by atoms with E-state index in [1.807, 2.05) is 26.8 Å². The Labute approximate surface area is 135 Å². The van der Waals surface area contributed by atoms with E-state index in [1.165, 1.54) is 0 Å². The first kappa shape index (κ1) is 16.4. The molecule has 0 aliphatic carbocycles. The molecule has 0 aliphatic rings. The minimum absolute atomic E-state index is 0.0694. The highest BCUT2D eigenvalue weighted by Crippen LogP contribution is 2.31. The van der Waals surface area contributed by atoms with Crippen molar-refractivity contribution in [3.63, 3.8) is 0 Å². The summed E-state index contributed by atoms with van der Waals surface area (Å²) in [5.41, 5.74) is 4.55. The number of anilines is 1. The van der Waals surface area contributed by atoms with Crippen LogP contribution in [0.1, 0.15) is 28.9 Å². The number of nitrogens with zero attached hydrogens (tertiary/aromatic N) is 1. The average molecular weight is 322 g/mol. The maximum absolute atomic E-state index is 12.2. The van der Waals surface area contributed by atoms with Crippen molar-refractivity contribution in [3.05, 3.63) is 39.7 Å². The van der Waals surface area contributed by atoms with Gasteiger partial charge in [-0.1, -0.05) is 11.6 Å². The quantitative estimate of drug-likeness (QED) is 0.884. The maximum Gasteiger partial charge on any atom is 0.224 e. The molecule has 1 aromatic carbocycles. The van der Waals surface area contributed by atoms with E-state index in [1.54, 1.807) is 13.2 Å². The van der Waals surface area contributed by atoms with E-state index in [9.17, 15) is 4.79 Å². The smallest absolute Gasteiger partial charge is 0.224 e. The summed E-state index contributed by atoms with van der Waals surface area (Å²) in [5.74, 6) is 0.486. The van der Waals surface area contributed by atoms with Gasteiger partial charge in [0.2, 0.25) is 5.91 Å². The number of aryl methyl sites for hydroxylation is 3. The Bertz CT molecular complexity index is 675. The summed E-state index contributed by atoms with van der Waals surface area (Å²) >= 11 is 6.06. The lowest BCUT2D eigenvalue weighted by Gasteiger charge is -2.12. The van der Waals surface area contributed by atoms with E-state index >= 15 is 0 Å². The van der Waals surface area contributed by atoms with Gasteiger partial charge in [0.25, 0.3) is 0 Å². The summed E-state index contributed by atoms with van der Waals surface area (Å²) in [7, 11) is 1.55. The highest BCUT2D eigenvalue weighted by molar-refractivity contribution is 6.31. The van der Waals surface area contributed by atoms with Crippen molar-refractivity contribution in [2.45, 2.75) is 33.6 Å². The summed E-state index contributed by atoms with van der Waals surface area (Å²) in [6, 6.07) is 3.52. The van der Waals surface area contributed by atoms with Gasteiger partial charge in [0.05, 0.1) is 18.5 Å². The zero-order valence-corrected chi connectivity index (χ0v) is 14.0. The number of nitrogens with one attached hydrogen (secondary N) is 2. The summed E-state index contributed by atoms with van der Waals surface area (Å²) in [6.07, 6.45) is 1.03. The third-order valence-electron chi connectivity index (χ3n) is 3.64. The lowest BCUT2D eigenvalue weighted by molar-refractivity contribution is -0.116. The van der Waals surface area contributed by atoms with Crippen LogP contribution in [0, 0.1) is 20.8 Å². The summed E-state index contributed by atoms with van der Waals surface area (Å²) < 4.78 is 5.26. The first-order valence-electron chi connectivity index (χ1n) is 7.06. The third-order valence-corrected chi connectivity index (χ3v) is 4.04. The normalized spacial score (nSPS) is 10.6. The second kappa shape index (κ2) is 6.83. The molecule has 0 atom stereocenters. The lowest BCUT2D eigenvalue weighted by atomic mass is 10.1. The fourth-order valence-corrected chi connectivity index (χ4v) is 2.48. The molecule has 0 bridgehead atoms. The van der Waals surface area contributed by atoms with Crippen molar-refractivity contribution < 1.29 is 9.53 Å². The van der Waals surface area contributed by atoms with Crippen LogP contribution in [0.5, 0.6) is 5.75 Å². The molecule has 0 saturated heterocycles. The van der Waals surface area contributed by atoms with E-state index < -0.39 is 0 Å². The Morgan fingerprint density at radius 2 is 2.09 bits per heavy atom. The number of methoxy groups -OCH3 is 1. The van der Waals surface area contributed by atoms with E-state index in [-0.39, 0.29) is 5.91 Å². The van der Waals surface area contributed by atoms with Gasteiger partial charge in [0.1, 0.15) is 5.75 Å². The number of amides is 1. The first-order chi connectivity index (χ1) is 10.4. The minimum atomic E-state index is -0.0694. The highest BCUT2D eigenvalue weighted by atomic mass is 35.5. The number of halogens is 1. The van der Waals surface area contributed by atoms with Crippen LogP contribution >= 0.6 is 11.6 Å². The van der Waals surface area contributed by atoms with Crippen molar-refractivity contribution >= 4 is 23.2 Å². The van der Waals surface area contributed by atoms with Gasteiger partial charge in [0, 0.05) is 23.2 Å². The molecule has 0 fully saturated rings. The molecule has 118 valence electrons. The van der Waals surface area contributed by atoms with Gasteiger partial charge in [0.15, 0.2) is 0 Å². The highest BCUT2D eigenvalue weighted by Gasteiger charge is 2.12. The third kappa shape index (κ3) is 3.60. The number of aromatic amines is 1. The first-order valence-corrected chi connectivity index (χ1v) is 7.44. The van der Waals surface area contributed by atoms with Gasteiger partial charge in [-0.05, 0) is 44.4 Å². The van der Waals surface area contributed by atoms with E-state index in [2.05, 4.69) is 15.5 Å². The van der Waals surface area contributed by atoms with Gasteiger partial charge in [-0.3, -0.25) is 9.89 Å². The van der Waals surface area contributed by atoms with Gasteiger partial charge < -0.3 is 10.1 Å². The minimum Gasteiger partial charge on any atom is -0.495 e. The molecule has 5 nitrogen and oxygen atoms in total. The van der Waals surface area contributed by atoms with Crippen molar-refractivity contribution in [2.75, 3.05) is 12.4 Å². The second-order valence-electron chi connectivity index (χ2n) is 5.26. The van der Waals surface area contributed by atoms with Crippen LogP contribution in [-0.4, -0.2) is 23.2 Å². The van der Waals surface area contributed by atoms with Crippen LogP contribution in [0.15, 0.2) is 12.1 Å². The SMILES string of the molecule is COc1cc(Cl)c(C)cc1NC(=O)CCc1c(C)n[nH]c1C. The molecule has 1 amide bonds. The summed E-state index contributed by atoms with van der Waals surface area (Å²) in [6.45, 7) is 5.77. The fraction of sp³-hybridized carbons (Fsp3) is 0.375. The number of H-pyrrole nitrogens is 1.